The second kappa shape index (κ2) is 7.26. The summed E-state index contributed by atoms with van der Waals surface area (Å²) in [5, 5.41) is 9.11. The van der Waals surface area contributed by atoms with Crippen molar-refractivity contribution in [2.75, 3.05) is 20.2 Å². The SMILES string of the molecule is COc1ccc(C(C)=O)cc1CC(=O)N1CCCC(C(=O)O)C1. The molecule has 1 heterocycles. The Balaban J connectivity index is 2.14. The van der Waals surface area contributed by atoms with Crippen LogP contribution in [0.15, 0.2) is 18.2 Å². The third-order valence-electron chi connectivity index (χ3n) is 4.15. The summed E-state index contributed by atoms with van der Waals surface area (Å²) in [6.45, 7) is 2.27. The number of hydrogen-bond donors (Lipinski definition) is 1. The van der Waals surface area contributed by atoms with Gasteiger partial charge in [-0.25, -0.2) is 0 Å². The largest absolute Gasteiger partial charge is 0.496 e. The lowest BCUT2D eigenvalue weighted by Gasteiger charge is -2.31. The third kappa shape index (κ3) is 4.09. The fourth-order valence-corrected chi connectivity index (χ4v) is 2.82. The number of rotatable bonds is 5. The van der Waals surface area contributed by atoms with Gasteiger partial charge in [0.05, 0.1) is 19.4 Å². The Kier molecular flexibility index (Phi) is 5.36. The normalized spacial score (nSPS) is 17.7. The molecule has 1 N–H and O–H groups in total. The molecule has 0 radical (unpaired) electrons. The number of likely N-dealkylation sites (tertiary alicyclic amines) is 1. The highest BCUT2D eigenvalue weighted by Gasteiger charge is 2.28. The molecule has 0 bridgehead atoms. The average Bonchev–Trinajstić information content (AvgIpc) is 2.54. The topological polar surface area (TPSA) is 83.9 Å². The fourth-order valence-electron chi connectivity index (χ4n) is 2.82. The molecule has 1 aliphatic rings. The van der Waals surface area contributed by atoms with Gasteiger partial charge in [-0.3, -0.25) is 14.4 Å². The third-order valence-corrected chi connectivity index (χ3v) is 4.15. The number of carbonyl (C=O) groups excluding carboxylic acids is 2. The van der Waals surface area contributed by atoms with Crippen molar-refractivity contribution in [2.24, 2.45) is 5.92 Å². The molecule has 0 aliphatic carbocycles. The van der Waals surface area contributed by atoms with Crippen LogP contribution in [-0.2, 0) is 16.0 Å². The number of carbonyl (C=O) groups is 3. The number of carboxylic acids is 1. The molecule has 0 saturated carbocycles. The molecule has 1 unspecified atom stereocenters. The zero-order chi connectivity index (χ0) is 17.0. The van der Waals surface area contributed by atoms with E-state index in [-0.39, 0.29) is 24.7 Å². The van der Waals surface area contributed by atoms with Crippen LogP contribution in [0.4, 0.5) is 0 Å². The van der Waals surface area contributed by atoms with E-state index in [1.165, 1.54) is 14.0 Å². The molecule has 23 heavy (non-hydrogen) atoms. The quantitative estimate of drug-likeness (QED) is 0.836. The summed E-state index contributed by atoms with van der Waals surface area (Å²) in [5.74, 6) is -1.04. The molecule has 6 heteroatoms. The van der Waals surface area contributed by atoms with Gasteiger partial charge in [0.1, 0.15) is 5.75 Å². The smallest absolute Gasteiger partial charge is 0.308 e. The van der Waals surface area contributed by atoms with Gasteiger partial charge in [-0.05, 0) is 38.0 Å². The van der Waals surface area contributed by atoms with E-state index < -0.39 is 11.9 Å². The van der Waals surface area contributed by atoms with Crippen molar-refractivity contribution in [3.05, 3.63) is 29.3 Å². The zero-order valence-corrected chi connectivity index (χ0v) is 13.4. The number of methoxy groups -OCH3 is 1. The van der Waals surface area contributed by atoms with Gasteiger partial charge in [0, 0.05) is 24.2 Å². The summed E-state index contributed by atoms with van der Waals surface area (Å²) in [6.07, 6.45) is 1.38. The molecule has 1 saturated heterocycles. The summed E-state index contributed by atoms with van der Waals surface area (Å²) < 4.78 is 5.25. The summed E-state index contributed by atoms with van der Waals surface area (Å²) >= 11 is 0. The van der Waals surface area contributed by atoms with Crippen LogP contribution in [0.3, 0.4) is 0 Å². The lowest BCUT2D eigenvalue weighted by atomic mass is 9.97. The maximum Gasteiger partial charge on any atom is 0.308 e. The van der Waals surface area contributed by atoms with E-state index in [1.54, 1.807) is 23.1 Å². The van der Waals surface area contributed by atoms with E-state index in [0.29, 0.717) is 36.3 Å². The van der Waals surface area contributed by atoms with Gasteiger partial charge in [-0.15, -0.1) is 0 Å². The Hall–Kier alpha value is -2.37. The Morgan fingerprint density at radius 2 is 2.09 bits per heavy atom. The lowest BCUT2D eigenvalue weighted by Crippen LogP contribution is -2.43. The van der Waals surface area contributed by atoms with Crippen molar-refractivity contribution in [3.8, 4) is 5.75 Å². The molecular weight excluding hydrogens is 298 g/mol. The predicted octanol–water partition coefficient (Wildman–Crippen LogP) is 1.76. The van der Waals surface area contributed by atoms with Crippen molar-refractivity contribution in [1.82, 2.24) is 4.90 Å². The number of Topliss-reactive ketones (excluding diaryl/α,β-unsaturated/α-hetero) is 1. The van der Waals surface area contributed by atoms with Gasteiger partial charge in [0.2, 0.25) is 5.91 Å². The van der Waals surface area contributed by atoms with Crippen LogP contribution in [0.25, 0.3) is 0 Å². The highest BCUT2D eigenvalue weighted by atomic mass is 16.5. The van der Waals surface area contributed by atoms with Crippen LogP contribution in [0.1, 0.15) is 35.7 Å². The number of amides is 1. The fraction of sp³-hybridized carbons (Fsp3) is 0.471. The molecule has 1 aromatic rings. The van der Waals surface area contributed by atoms with Crippen LogP contribution in [0.5, 0.6) is 5.75 Å². The van der Waals surface area contributed by atoms with E-state index in [9.17, 15) is 14.4 Å². The molecule has 0 aromatic heterocycles. The molecule has 1 atom stereocenters. The Labute approximate surface area is 135 Å². The monoisotopic (exact) mass is 319 g/mol. The molecule has 2 rings (SSSR count). The van der Waals surface area contributed by atoms with Crippen molar-refractivity contribution in [3.63, 3.8) is 0 Å². The molecule has 124 valence electrons. The van der Waals surface area contributed by atoms with Crippen LogP contribution in [0.2, 0.25) is 0 Å². The van der Waals surface area contributed by atoms with Crippen molar-refractivity contribution >= 4 is 17.7 Å². The number of piperidine rings is 1. The molecule has 1 amide bonds. The molecule has 1 fully saturated rings. The van der Waals surface area contributed by atoms with Gasteiger partial charge >= 0.3 is 5.97 Å². The number of ketones is 1. The first kappa shape index (κ1) is 17.0. The van der Waals surface area contributed by atoms with E-state index in [1.807, 2.05) is 0 Å². The van der Waals surface area contributed by atoms with E-state index in [4.69, 9.17) is 9.84 Å². The molecule has 0 spiro atoms. The Morgan fingerprint density at radius 3 is 2.70 bits per heavy atom. The van der Waals surface area contributed by atoms with E-state index in [0.717, 1.165) is 0 Å². The highest BCUT2D eigenvalue weighted by molar-refractivity contribution is 5.94. The minimum absolute atomic E-state index is 0.0785. The predicted molar refractivity (Wildman–Crippen MR) is 83.6 cm³/mol. The highest BCUT2D eigenvalue weighted by Crippen LogP contribution is 2.23. The van der Waals surface area contributed by atoms with Crippen molar-refractivity contribution in [2.45, 2.75) is 26.2 Å². The number of hydrogen-bond acceptors (Lipinski definition) is 4. The standard InChI is InChI=1S/C17H21NO5/c1-11(19)12-5-6-15(23-2)14(8-12)9-16(20)18-7-3-4-13(10-18)17(21)22/h5-6,8,13H,3-4,7,9-10H2,1-2H3,(H,21,22). The summed E-state index contributed by atoms with van der Waals surface area (Å²) in [5.41, 5.74) is 1.17. The summed E-state index contributed by atoms with van der Waals surface area (Å²) in [7, 11) is 1.51. The summed E-state index contributed by atoms with van der Waals surface area (Å²) in [6, 6.07) is 5.00. The first-order chi connectivity index (χ1) is 10.9. The van der Waals surface area contributed by atoms with Gasteiger partial charge in [-0.2, -0.15) is 0 Å². The molecule has 1 aliphatic heterocycles. The Bertz CT molecular complexity index is 625. The van der Waals surface area contributed by atoms with Crippen LogP contribution in [0, 0.1) is 5.92 Å². The number of benzene rings is 1. The zero-order valence-electron chi connectivity index (χ0n) is 13.4. The van der Waals surface area contributed by atoms with E-state index in [2.05, 4.69) is 0 Å². The van der Waals surface area contributed by atoms with Gasteiger partial charge in [-0.1, -0.05) is 0 Å². The number of ether oxygens (including phenoxy) is 1. The maximum absolute atomic E-state index is 12.5. The second-order valence-corrected chi connectivity index (χ2v) is 5.78. The van der Waals surface area contributed by atoms with Crippen LogP contribution >= 0.6 is 0 Å². The summed E-state index contributed by atoms with van der Waals surface area (Å²) in [4.78, 5) is 36.7. The lowest BCUT2D eigenvalue weighted by molar-refractivity contribution is -0.145. The maximum atomic E-state index is 12.5. The first-order valence-electron chi connectivity index (χ1n) is 7.60. The minimum atomic E-state index is -0.862. The van der Waals surface area contributed by atoms with Gasteiger partial charge in [0.15, 0.2) is 5.78 Å². The Morgan fingerprint density at radius 1 is 1.35 bits per heavy atom. The average molecular weight is 319 g/mol. The number of aliphatic carboxylic acids is 1. The minimum Gasteiger partial charge on any atom is -0.496 e. The molecule has 1 aromatic carbocycles. The van der Waals surface area contributed by atoms with Crippen LogP contribution < -0.4 is 4.74 Å². The number of carboxylic acid groups (broad SMARTS) is 1. The molecular formula is C17H21NO5. The van der Waals surface area contributed by atoms with Crippen molar-refractivity contribution in [1.29, 1.82) is 0 Å². The number of nitrogens with zero attached hydrogens (tertiary/aromatic N) is 1. The van der Waals surface area contributed by atoms with Gasteiger partial charge in [0.25, 0.3) is 0 Å². The second-order valence-electron chi connectivity index (χ2n) is 5.78. The first-order valence-corrected chi connectivity index (χ1v) is 7.60. The van der Waals surface area contributed by atoms with E-state index >= 15 is 0 Å². The van der Waals surface area contributed by atoms with Crippen molar-refractivity contribution < 1.29 is 24.2 Å². The van der Waals surface area contributed by atoms with Crippen LogP contribution in [-0.4, -0.2) is 47.9 Å². The van der Waals surface area contributed by atoms with Gasteiger partial charge < -0.3 is 14.7 Å². The molecule has 6 nitrogen and oxygen atoms in total.